The molecule has 1 fully saturated rings. The number of carbonyl (C=O) groups is 3. The van der Waals surface area contributed by atoms with Crippen molar-refractivity contribution < 1.29 is 28.6 Å². The molecule has 2 aliphatic rings. The third kappa shape index (κ3) is 6.02. The molecule has 0 aromatic heterocycles. The van der Waals surface area contributed by atoms with E-state index in [9.17, 15) is 23.9 Å². The van der Waals surface area contributed by atoms with Crippen molar-refractivity contribution in [3.63, 3.8) is 0 Å². The number of nitrogens with one attached hydrogen (secondary N) is 2. The van der Waals surface area contributed by atoms with E-state index in [2.05, 4.69) is 15.7 Å². The molecular formula is C24H31FN4O5S. The van der Waals surface area contributed by atoms with Gasteiger partial charge in [0.2, 0.25) is 0 Å². The summed E-state index contributed by atoms with van der Waals surface area (Å²) >= 11 is 1.15. The minimum Gasteiger partial charge on any atom is -0.479 e. The molecule has 1 aromatic carbocycles. The number of aliphatic carboxylic acids is 1. The molecule has 0 radical (unpaired) electrons. The fourth-order valence-corrected chi connectivity index (χ4v) is 4.81. The predicted molar refractivity (Wildman–Crippen MR) is 132 cm³/mol. The predicted octanol–water partition coefficient (Wildman–Crippen LogP) is 3.86. The normalized spacial score (nSPS) is 19.5. The number of benzene rings is 1. The fraction of sp³-hybridized carbons (Fsp3) is 0.500. The molecule has 3 N–H and O–H groups in total. The zero-order chi connectivity index (χ0) is 26.0. The van der Waals surface area contributed by atoms with Crippen LogP contribution in [0.4, 0.5) is 9.18 Å². The lowest BCUT2D eigenvalue weighted by Gasteiger charge is -2.36. The summed E-state index contributed by atoms with van der Waals surface area (Å²) in [6.07, 6.45) is 2.53. The number of hydrogen-bond donors (Lipinski definition) is 3. The van der Waals surface area contributed by atoms with Crippen LogP contribution in [0.25, 0.3) is 6.08 Å². The van der Waals surface area contributed by atoms with E-state index in [0.717, 1.165) is 37.2 Å². The highest BCUT2D eigenvalue weighted by Gasteiger charge is 2.47. The number of carbonyl (C=O) groups excluding carboxylic acids is 2. The molecule has 35 heavy (non-hydrogen) atoms. The minimum atomic E-state index is -2.03. The van der Waals surface area contributed by atoms with E-state index in [-0.39, 0.29) is 16.0 Å². The number of nitrogens with zero attached hydrogens (tertiary/aromatic N) is 2. The van der Waals surface area contributed by atoms with Crippen molar-refractivity contribution in [1.29, 1.82) is 0 Å². The molecule has 9 nitrogen and oxygen atoms in total. The van der Waals surface area contributed by atoms with Crippen LogP contribution in [0.5, 0.6) is 0 Å². The highest BCUT2D eigenvalue weighted by atomic mass is 32.2. The Morgan fingerprint density at radius 3 is 2.60 bits per heavy atom. The first-order chi connectivity index (χ1) is 16.3. The average molecular weight is 507 g/mol. The molecule has 1 atom stereocenters. The van der Waals surface area contributed by atoms with E-state index in [0.29, 0.717) is 11.7 Å². The molecule has 0 unspecified atom stereocenters. The van der Waals surface area contributed by atoms with Gasteiger partial charge in [0.05, 0.1) is 4.91 Å². The van der Waals surface area contributed by atoms with Gasteiger partial charge in [-0.15, -0.1) is 0 Å². The summed E-state index contributed by atoms with van der Waals surface area (Å²) in [4.78, 5) is 42.4. The monoisotopic (exact) mass is 506 g/mol. The molecule has 11 heteroatoms. The maximum Gasteiger partial charge on any atom is 0.408 e. The number of aliphatic imine (C=N–C) groups is 1. The largest absolute Gasteiger partial charge is 0.479 e. The van der Waals surface area contributed by atoms with Gasteiger partial charge in [-0.1, -0.05) is 19.9 Å². The molecule has 0 saturated carbocycles. The number of halogens is 1. The first kappa shape index (κ1) is 26.7. The van der Waals surface area contributed by atoms with Gasteiger partial charge in [-0.25, -0.2) is 19.4 Å². The highest BCUT2D eigenvalue weighted by Crippen LogP contribution is 2.37. The second kappa shape index (κ2) is 10.4. The molecule has 0 spiro atoms. The standard InChI is InChI=1S/C24H31FN4O5S/c1-14(2)24(20(31)32,28-22(33)34-23(3,4)5)17-13-16(25)9-8-15(17)12-18-19(30)27-21(35-18)29-11-7-6-10-26-29/h8-9,12-14,26H,6-7,10-11H2,1-5H3,(H,28,33)(H,31,32)/t24-/m0/s1. The molecule has 190 valence electrons. The van der Waals surface area contributed by atoms with Gasteiger partial charge in [-0.2, -0.15) is 4.99 Å². The second-order valence-corrected chi connectivity index (χ2v) is 10.7. The Morgan fingerprint density at radius 1 is 1.31 bits per heavy atom. The molecule has 0 aliphatic carbocycles. The fourth-order valence-electron chi connectivity index (χ4n) is 3.90. The van der Waals surface area contributed by atoms with Crippen molar-refractivity contribution in [2.75, 3.05) is 13.1 Å². The summed E-state index contributed by atoms with van der Waals surface area (Å²) in [6, 6.07) is 3.63. The van der Waals surface area contributed by atoms with Gasteiger partial charge in [0.25, 0.3) is 5.91 Å². The topological polar surface area (TPSA) is 120 Å². The summed E-state index contributed by atoms with van der Waals surface area (Å²) in [7, 11) is 0. The van der Waals surface area contributed by atoms with Crippen LogP contribution in [-0.4, -0.2) is 51.9 Å². The maximum atomic E-state index is 14.4. The zero-order valence-electron chi connectivity index (χ0n) is 20.5. The molecule has 2 aliphatic heterocycles. The number of carboxylic acids is 1. The molecule has 1 saturated heterocycles. The van der Waals surface area contributed by atoms with Gasteiger partial charge in [0.1, 0.15) is 11.4 Å². The Labute approximate surface area is 208 Å². The van der Waals surface area contributed by atoms with Crippen molar-refractivity contribution in [2.24, 2.45) is 10.9 Å². The lowest BCUT2D eigenvalue weighted by molar-refractivity contribution is -0.147. The SMILES string of the molecule is CC(C)[C@@](NC(=O)OC(C)(C)C)(C(=O)O)c1cc(F)ccc1C=C1SC(N2CCCCN2)=NC1=O. The van der Waals surface area contributed by atoms with E-state index < -0.39 is 40.8 Å². The lowest BCUT2D eigenvalue weighted by atomic mass is 9.77. The molecular weight excluding hydrogens is 475 g/mol. The van der Waals surface area contributed by atoms with Gasteiger partial charge in [0.15, 0.2) is 10.7 Å². The van der Waals surface area contributed by atoms with E-state index in [1.807, 2.05) is 5.01 Å². The van der Waals surface area contributed by atoms with Crippen LogP contribution >= 0.6 is 11.8 Å². The maximum absolute atomic E-state index is 14.4. The van der Waals surface area contributed by atoms with Crippen molar-refractivity contribution in [2.45, 2.75) is 58.6 Å². The van der Waals surface area contributed by atoms with Crippen LogP contribution in [-0.2, 0) is 19.9 Å². The Morgan fingerprint density at radius 2 is 2.03 bits per heavy atom. The first-order valence-electron chi connectivity index (χ1n) is 11.4. The van der Waals surface area contributed by atoms with Crippen LogP contribution in [0.2, 0.25) is 0 Å². The van der Waals surface area contributed by atoms with Gasteiger partial charge < -0.3 is 15.2 Å². The summed E-state index contributed by atoms with van der Waals surface area (Å²) in [5.41, 5.74) is 0.564. The zero-order valence-corrected chi connectivity index (χ0v) is 21.3. The van der Waals surface area contributed by atoms with Crippen molar-refractivity contribution in [3.05, 3.63) is 40.0 Å². The van der Waals surface area contributed by atoms with Gasteiger partial charge in [0, 0.05) is 13.1 Å². The van der Waals surface area contributed by atoms with Crippen LogP contribution in [0.15, 0.2) is 28.1 Å². The number of hydrogen-bond acceptors (Lipinski definition) is 7. The molecule has 2 amide bonds. The van der Waals surface area contributed by atoms with Gasteiger partial charge in [-0.05, 0) is 80.6 Å². The number of thioether (sulfide) groups is 1. The second-order valence-electron chi connectivity index (χ2n) is 9.70. The van der Waals surface area contributed by atoms with E-state index >= 15 is 0 Å². The van der Waals surface area contributed by atoms with E-state index in [1.54, 1.807) is 34.6 Å². The first-order valence-corrected chi connectivity index (χ1v) is 12.2. The summed E-state index contributed by atoms with van der Waals surface area (Å²) < 4.78 is 19.7. The number of hydrazine groups is 1. The number of carboxylic acid groups (broad SMARTS) is 1. The van der Waals surface area contributed by atoms with Gasteiger partial charge in [-0.3, -0.25) is 9.80 Å². The minimum absolute atomic E-state index is 0.00342. The number of ether oxygens (including phenoxy) is 1. The van der Waals surface area contributed by atoms with Crippen LogP contribution < -0.4 is 10.7 Å². The number of amidine groups is 1. The van der Waals surface area contributed by atoms with Crippen LogP contribution in [0.1, 0.15) is 58.6 Å². The summed E-state index contributed by atoms with van der Waals surface area (Å²) in [5.74, 6) is -3.25. The van der Waals surface area contributed by atoms with Gasteiger partial charge >= 0.3 is 12.1 Å². The highest BCUT2D eigenvalue weighted by molar-refractivity contribution is 8.18. The number of alkyl carbamates (subject to hydrolysis) is 1. The molecule has 0 bridgehead atoms. The van der Waals surface area contributed by atoms with Crippen molar-refractivity contribution >= 4 is 41.0 Å². The Kier molecular flexibility index (Phi) is 7.90. The van der Waals surface area contributed by atoms with E-state index in [4.69, 9.17) is 4.74 Å². The molecule has 2 heterocycles. The Hall–Kier alpha value is -2.92. The quantitative estimate of drug-likeness (QED) is 0.515. The number of rotatable bonds is 5. The summed E-state index contributed by atoms with van der Waals surface area (Å²) in [6.45, 7) is 9.66. The van der Waals surface area contributed by atoms with Crippen molar-refractivity contribution in [1.82, 2.24) is 15.8 Å². The van der Waals surface area contributed by atoms with Crippen molar-refractivity contribution in [3.8, 4) is 0 Å². The Balaban J connectivity index is 2.04. The lowest BCUT2D eigenvalue weighted by Crippen LogP contribution is -2.56. The third-order valence-electron chi connectivity index (χ3n) is 5.58. The van der Waals surface area contributed by atoms with Crippen LogP contribution in [0, 0.1) is 11.7 Å². The van der Waals surface area contributed by atoms with Crippen LogP contribution in [0.3, 0.4) is 0 Å². The molecule has 1 aromatic rings. The van der Waals surface area contributed by atoms with E-state index in [1.165, 1.54) is 18.2 Å². The Bertz CT molecular complexity index is 1080. The molecule has 3 rings (SSSR count). The summed E-state index contributed by atoms with van der Waals surface area (Å²) in [5, 5.41) is 15.1. The third-order valence-corrected chi connectivity index (χ3v) is 6.59. The number of amides is 2. The smallest absolute Gasteiger partial charge is 0.408 e. The average Bonchev–Trinajstić information content (AvgIpc) is 3.12.